The number of esters is 1. The molecule has 0 saturated carbocycles. The summed E-state index contributed by atoms with van der Waals surface area (Å²) in [6, 6.07) is 11.2. The van der Waals surface area contributed by atoms with Crippen molar-refractivity contribution in [2.24, 2.45) is 0 Å². The van der Waals surface area contributed by atoms with Crippen LogP contribution in [-0.4, -0.2) is 15.9 Å². The second kappa shape index (κ2) is 13.9. The molecule has 0 aliphatic heterocycles. The summed E-state index contributed by atoms with van der Waals surface area (Å²) in [6.07, 6.45) is 17.8. The lowest BCUT2D eigenvalue weighted by Gasteiger charge is -2.06. The molecule has 0 aliphatic carbocycles. The van der Waals surface area contributed by atoms with E-state index >= 15 is 0 Å². The smallest absolute Gasteiger partial charge is 0.353 e. The van der Waals surface area contributed by atoms with E-state index in [1.807, 2.05) is 36.7 Å². The summed E-state index contributed by atoms with van der Waals surface area (Å²) in [5.74, 6) is 0.899. The van der Waals surface area contributed by atoms with E-state index in [4.69, 9.17) is 4.74 Å². The topological polar surface area (TPSA) is 52.1 Å². The first kappa shape index (κ1) is 25.1. The van der Waals surface area contributed by atoms with Crippen molar-refractivity contribution in [1.82, 2.24) is 9.97 Å². The molecule has 4 nitrogen and oxygen atoms in total. The second-order valence-electron chi connectivity index (χ2n) is 8.53. The minimum absolute atomic E-state index is 0.315. The Morgan fingerprint density at radius 3 is 2.06 bits per heavy atom. The molecule has 3 rings (SSSR count). The molecule has 176 valence electrons. The Labute approximate surface area is 202 Å². The zero-order chi connectivity index (χ0) is 23.3. The molecule has 2 aromatic heterocycles. The van der Waals surface area contributed by atoms with Gasteiger partial charge in [0.05, 0.1) is 0 Å². The minimum Gasteiger partial charge on any atom is -0.422 e. The lowest BCUT2D eigenvalue weighted by atomic mass is 10.1. The first-order valence-electron chi connectivity index (χ1n) is 12.4. The van der Waals surface area contributed by atoms with E-state index in [0.717, 1.165) is 18.4 Å². The van der Waals surface area contributed by atoms with Crippen LogP contribution in [0.3, 0.4) is 0 Å². The van der Waals surface area contributed by atoms with Gasteiger partial charge < -0.3 is 4.74 Å². The Balaban J connectivity index is 1.40. The normalized spacial score (nSPS) is 11.0. The Morgan fingerprint density at radius 2 is 1.45 bits per heavy atom. The molecule has 2 heterocycles. The average molecular weight is 465 g/mol. The van der Waals surface area contributed by atoms with E-state index in [1.54, 1.807) is 12.1 Å². The van der Waals surface area contributed by atoms with E-state index in [-0.39, 0.29) is 5.97 Å². The van der Waals surface area contributed by atoms with Gasteiger partial charge in [0.15, 0.2) is 5.82 Å². The monoisotopic (exact) mass is 464 g/mol. The van der Waals surface area contributed by atoms with Crippen molar-refractivity contribution in [3.05, 3.63) is 64.1 Å². The molecule has 5 heteroatoms. The summed E-state index contributed by atoms with van der Waals surface area (Å²) in [7, 11) is 0. The molecule has 0 spiro atoms. The van der Waals surface area contributed by atoms with E-state index < -0.39 is 0 Å². The number of nitrogens with zero attached hydrogens (tertiary/aromatic N) is 2. The van der Waals surface area contributed by atoms with Gasteiger partial charge in [-0.2, -0.15) is 0 Å². The number of carbonyl (C=O) groups excluding carboxylic acids is 1. The van der Waals surface area contributed by atoms with Gasteiger partial charge in [-0.05, 0) is 61.2 Å². The summed E-state index contributed by atoms with van der Waals surface area (Å²) in [5, 5.41) is 0. The number of hydrogen-bond donors (Lipinski definition) is 0. The molecule has 0 bridgehead atoms. The van der Waals surface area contributed by atoms with Crippen LogP contribution in [0.1, 0.15) is 91.7 Å². The Morgan fingerprint density at radius 1 is 0.818 bits per heavy atom. The number of hydrogen-bond acceptors (Lipinski definition) is 5. The fourth-order valence-electron chi connectivity index (χ4n) is 3.78. The molecule has 0 amide bonds. The molecule has 3 aromatic rings. The fraction of sp³-hybridized carbons (Fsp3) is 0.464. The van der Waals surface area contributed by atoms with Crippen molar-refractivity contribution in [3.8, 4) is 17.1 Å². The lowest BCUT2D eigenvalue weighted by molar-refractivity contribution is 0.0740. The largest absolute Gasteiger partial charge is 0.422 e. The van der Waals surface area contributed by atoms with Gasteiger partial charge in [0.2, 0.25) is 0 Å². The van der Waals surface area contributed by atoms with E-state index in [0.29, 0.717) is 16.5 Å². The van der Waals surface area contributed by atoms with Crippen molar-refractivity contribution in [2.75, 3.05) is 0 Å². The van der Waals surface area contributed by atoms with Gasteiger partial charge >= 0.3 is 5.97 Å². The third-order valence-electron chi connectivity index (χ3n) is 5.81. The van der Waals surface area contributed by atoms with Gasteiger partial charge in [0, 0.05) is 22.8 Å². The number of benzene rings is 1. The zero-order valence-electron chi connectivity index (χ0n) is 20.0. The molecule has 0 N–H and O–H groups in total. The average Bonchev–Trinajstić information content (AvgIpc) is 3.34. The molecule has 0 aliphatic rings. The SMILES string of the molecule is CCCCCCCCCCCc1cnc(-c2ccc(OC(=O)c3ccc(CC)s3)cc2)nc1. The van der Waals surface area contributed by atoms with E-state index in [9.17, 15) is 4.79 Å². The Kier molecular flexibility index (Phi) is 10.6. The highest BCUT2D eigenvalue weighted by atomic mass is 32.1. The Hall–Kier alpha value is -2.53. The van der Waals surface area contributed by atoms with Gasteiger partial charge in [-0.15, -0.1) is 11.3 Å². The van der Waals surface area contributed by atoms with Crippen molar-refractivity contribution in [3.63, 3.8) is 0 Å². The summed E-state index contributed by atoms with van der Waals surface area (Å²) < 4.78 is 5.50. The first-order valence-corrected chi connectivity index (χ1v) is 13.2. The first-order chi connectivity index (χ1) is 16.2. The van der Waals surface area contributed by atoms with Crippen LogP contribution in [0.15, 0.2) is 48.8 Å². The van der Waals surface area contributed by atoms with Crippen LogP contribution in [0.25, 0.3) is 11.4 Å². The van der Waals surface area contributed by atoms with Crippen LogP contribution >= 0.6 is 11.3 Å². The molecular weight excluding hydrogens is 428 g/mol. The Bertz CT molecular complexity index is 964. The zero-order valence-corrected chi connectivity index (χ0v) is 20.8. The molecule has 0 radical (unpaired) electrons. The number of thiophene rings is 1. The highest BCUT2D eigenvalue weighted by molar-refractivity contribution is 7.13. The highest BCUT2D eigenvalue weighted by Gasteiger charge is 2.12. The van der Waals surface area contributed by atoms with Crippen molar-refractivity contribution in [1.29, 1.82) is 0 Å². The predicted molar refractivity (Wildman–Crippen MR) is 137 cm³/mol. The molecule has 0 fully saturated rings. The lowest BCUT2D eigenvalue weighted by Crippen LogP contribution is -2.06. The molecule has 0 unspecified atom stereocenters. The van der Waals surface area contributed by atoms with Gasteiger partial charge in [0.25, 0.3) is 0 Å². The molecule has 33 heavy (non-hydrogen) atoms. The number of ether oxygens (including phenoxy) is 1. The standard InChI is InChI=1S/C28H36N2O2S/c1-3-5-6-7-8-9-10-11-12-13-22-20-29-27(30-21-22)23-14-16-24(17-15-23)32-28(31)26-19-18-25(4-2)33-26/h14-21H,3-13H2,1-2H3. The van der Waals surface area contributed by atoms with Crippen molar-refractivity contribution >= 4 is 17.3 Å². The van der Waals surface area contributed by atoms with Crippen LogP contribution in [-0.2, 0) is 12.8 Å². The van der Waals surface area contributed by atoms with Gasteiger partial charge in [-0.3, -0.25) is 0 Å². The number of unbranched alkanes of at least 4 members (excludes halogenated alkanes) is 8. The van der Waals surface area contributed by atoms with Crippen LogP contribution in [0.5, 0.6) is 5.75 Å². The van der Waals surface area contributed by atoms with Gasteiger partial charge in [-0.1, -0.05) is 65.2 Å². The predicted octanol–water partition coefficient (Wildman–Crippen LogP) is 8.06. The minimum atomic E-state index is -0.315. The maximum absolute atomic E-state index is 12.3. The number of aryl methyl sites for hydroxylation is 2. The number of carbonyl (C=O) groups is 1. The second-order valence-corrected chi connectivity index (χ2v) is 9.70. The van der Waals surface area contributed by atoms with E-state index in [2.05, 4.69) is 23.8 Å². The summed E-state index contributed by atoms with van der Waals surface area (Å²) >= 11 is 1.48. The molecule has 0 atom stereocenters. The molecule has 1 aromatic carbocycles. The maximum atomic E-state index is 12.3. The highest BCUT2D eigenvalue weighted by Crippen LogP contribution is 2.23. The van der Waals surface area contributed by atoms with Crippen LogP contribution in [0.2, 0.25) is 0 Å². The van der Waals surface area contributed by atoms with Gasteiger partial charge in [0.1, 0.15) is 10.6 Å². The van der Waals surface area contributed by atoms with Crippen LogP contribution in [0.4, 0.5) is 0 Å². The maximum Gasteiger partial charge on any atom is 0.353 e. The summed E-state index contributed by atoms with van der Waals surface area (Å²) in [4.78, 5) is 23.2. The number of rotatable bonds is 14. The van der Waals surface area contributed by atoms with Crippen molar-refractivity contribution < 1.29 is 9.53 Å². The van der Waals surface area contributed by atoms with Gasteiger partial charge in [-0.25, -0.2) is 14.8 Å². The summed E-state index contributed by atoms with van der Waals surface area (Å²) in [6.45, 7) is 4.34. The van der Waals surface area contributed by atoms with Crippen LogP contribution in [0, 0.1) is 0 Å². The van der Waals surface area contributed by atoms with E-state index in [1.165, 1.54) is 79.6 Å². The van der Waals surface area contributed by atoms with Crippen molar-refractivity contribution in [2.45, 2.75) is 84.5 Å². The van der Waals surface area contributed by atoms with Crippen LogP contribution < -0.4 is 4.74 Å². The molecular formula is C28H36N2O2S. The quantitative estimate of drug-likeness (QED) is 0.137. The third kappa shape index (κ3) is 8.39. The number of aromatic nitrogens is 2. The third-order valence-corrected chi connectivity index (χ3v) is 7.02. The fourth-order valence-corrected chi connectivity index (χ4v) is 4.60. The molecule has 0 saturated heterocycles. The summed E-state index contributed by atoms with van der Waals surface area (Å²) in [5.41, 5.74) is 2.10.